The molecule has 0 aliphatic rings. The van der Waals surface area contributed by atoms with Crippen LogP contribution in [0, 0.1) is 0 Å². The molecule has 1 amide bonds. The molecule has 0 bridgehead atoms. The minimum absolute atomic E-state index is 0.0215. The molecule has 0 aromatic carbocycles. The summed E-state index contributed by atoms with van der Waals surface area (Å²) < 4.78 is 9.37. The lowest BCUT2D eigenvalue weighted by molar-refractivity contribution is -0.136. The quantitative estimate of drug-likeness (QED) is 0.620. The molecular formula is C9H14BrNO4. The van der Waals surface area contributed by atoms with E-state index in [0.717, 1.165) is 0 Å². The van der Waals surface area contributed by atoms with E-state index in [4.69, 9.17) is 4.74 Å². The number of methoxy groups -OCH3 is 1. The molecule has 0 aromatic heterocycles. The Morgan fingerprint density at radius 3 is 2.20 bits per heavy atom. The van der Waals surface area contributed by atoms with E-state index >= 15 is 0 Å². The third-order valence-electron chi connectivity index (χ3n) is 1.15. The molecule has 0 spiro atoms. The number of rotatable bonds is 2. The largest absolute Gasteiger partial charge is 0.464 e. The lowest BCUT2D eigenvalue weighted by atomic mass is 10.2. The van der Waals surface area contributed by atoms with Gasteiger partial charge < -0.3 is 9.47 Å². The molecule has 0 fully saturated rings. The van der Waals surface area contributed by atoms with Gasteiger partial charge in [-0.15, -0.1) is 0 Å². The van der Waals surface area contributed by atoms with Crippen LogP contribution >= 0.6 is 15.9 Å². The van der Waals surface area contributed by atoms with E-state index in [-0.39, 0.29) is 5.70 Å². The SMILES string of the molecule is COC(=O)/C(=C\Br)NC(=O)OC(C)(C)C. The number of ether oxygens (including phenoxy) is 2. The van der Waals surface area contributed by atoms with Crippen LogP contribution in [0.2, 0.25) is 0 Å². The van der Waals surface area contributed by atoms with Crippen LogP contribution in [-0.2, 0) is 14.3 Å². The van der Waals surface area contributed by atoms with E-state index in [9.17, 15) is 9.59 Å². The molecule has 15 heavy (non-hydrogen) atoms. The number of hydrogen-bond acceptors (Lipinski definition) is 4. The van der Waals surface area contributed by atoms with Gasteiger partial charge in [0.1, 0.15) is 11.3 Å². The van der Waals surface area contributed by atoms with E-state index in [0.29, 0.717) is 0 Å². The highest BCUT2D eigenvalue weighted by atomic mass is 79.9. The summed E-state index contributed by atoms with van der Waals surface area (Å²) >= 11 is 2.93. The molecule has 0 atom stereocenters. The van der Waals surface area contributed by atoms with Gasteiger partial charge in [-0.2, -0.15) is 0 Å². The number of nitrogens with one attached hydrogen (secondary N) is 1. The topological polar surface area (TPSA) is 64.6 Å². The van der Waals surface area contributed by atoms with Crippen LogP contribution < -0.4 is 5.32 Å². The van der Waals surface area contributed by atoms with Crippen molar-refractivity contribution in [3.05, 3.63) is 10.7 Å². The summed E-state index contributed by atoms with van der Waals surface area (Å²) in [5.74, 6) is -0.655. The molecular weight excluding hydrogens is 266 g/mol. The predicted molar refractivity (Wildman–Crippen MR) is 58.4 cm³/mol. The predicted octanol–water partition coefficient (Wildman–Crippen LogP) is 1.92. The molecule has 6 heteroatoms. The first kappa shape index (κ1) is 14.0. The lowest BCUT2D eigenvalue weighted by Crippen LogP contribution is -2.34. The van der Waals surface area contributed by atoms with Gasteiger partial charge in [-0.3, -0.25) is 5.32 Å². The molecule has 1 N–H and O–H groups in total. The van der Waals surface area contributed by atoms with E-state index < -0.39 is 17.7 Å². The van der Waals surface area contributed by atoms with Gasteiger partial charge in [-0.25, -0.2) is 9.59 Å². The zero-order chi connectivity index (χ0) is 12.1. The molecule has 86 valence electrons. The Morgan fingerprint density at radius 2 is 1.87 bits per heavy atom. The molecule has 0 radical (unpaired) electrons. The van der Waals surface area contributed by atoms with Crippen LogP contribution in [0.3, 0.4) is 0 Å². The highest BCUT2D eigenvalue weighted by Gasteiger charge is 2.19. The molecule has 0 heterocycles. The summed E-state index contributed by atoms with van der Waals surface area (Å²) in [5, 5.41) is 2.25. The van der Waals surface area contributed by atoms with Crippen LogP contribution in [-0.4, -0.2) is 24.8 Å². The van der Waals surface area contributed by atoms with Crippen molar-refractivity contribution in [1.82, 2.24) is 5.32 Å². The van der Waals surface area contributed by atoms with Crippen LogP contribution in [0.4, 0.5) is 4.79 Å². The van der Waals surface area contributed by atoms with Crippen molar-refractivity contribution in [2.75, 3.05) is 7.11 Å². The molecule has 0 saturated heterocycles. The van der Waals surface area contributed by atoms with Crippen molar-refractivity contribution in [2.45, 2.75) is 26.4 Å². The second kappa shape index (κ2) is 5.75. The zero-order valence-corrected chi connectivity index (χ0v) is 10.7. The van der Waals surface area contributed by atoms with Gasteiger partial charge >= 0.3 is 12.1 Å². The maximum absolute atomic E-state index is 11.2. The van der Waals surface area contributed by atoms with Crippen LogP contribution in [0.25, 0.3) is 0 Å². The van der Waals surface area contributed by atoms with Gasteiger partial charge in [0.15, 0.2) is 0 Å². The van der Waals surface area contributed by atoms with Gasteiger partial charge in [0.2, 0.25) is 0 Å². The smallest absolute Gasteiger partial charge is 0.412 e. The van der Waals surface area contributed by atoms with Crippen LogP contribution in [0.1, 0.15) is 20.8 Å². The van der Waals surface area contributed by atoms with Crippen molar-refractivity contribution in [3.8, 4) is 0 Å². The fraction of sp³-hybridized carbons (Fsp3) is 0.556. The summed E-state index contributed by atoms with van der Waals surface area (Å²) in [6.45, 7) is 5.17. The molecule has 5 nitrogen and oxygen atoms in total. The van der Waals surface area contributed by atoms with Crippen molar-refractivity contribution in [1.29, 1.82) is 0 Å². The first-order valence-corrected chi connectivity index (χ1v) is 5.10. The van der Waals surface area contributed by atoms with Gasteiger partial charge in [0, 0.05) is 4.99 Å². The summed E-state index contributed by atoms with van der Waals surface area (Å²) in [5.41, 5.74) is -0.635. The molecule has 0 aliphatic heterocycles. The van der Waals surface area contributed by atoms with E-state index in [1.165, 1.54) is 12.1 Å². The summed E-state index contributed by atoms with van der Waals surface area (Å²) in [4.78, 5) is 23.6. The van der Waals surface area contributed by atoms with Gasteiger partial charge in [0.25, 0.3) is 0 Å². The standard InChI is InChI=1S/C9H14BrNO4/c1-9(2,3)15-8(13)11-6(5-10)7(12)14-4/h5H,1-4H3,(H,11,13)/b6-5+. The molecule has 0 aliphatic carbocycles. The molecule has 0 saturated carbocycles. The summed E-state index contributed by atoms with van der Waals surface area (Å²) in [7, 11) is 1.22. The Bertz CT molecular complexity index is 280. The van der Waals surface area contributed by atoms with Gasteiger partial charge in [0.05, 0.1) is 7.11 Å². The monoisotopic (exact) mass is 279 g/mol. The third-order valence-corrected chi connectivity index (χ3v) is 1.61. The Kier molecular flexibility index (Phi) is 5.35. The summed E-state index contributed by atoms with van der Waals surface area (Å²) in [6.07, 6.45) is -0.710. The minimum Gasteiger partial charge on any atom is -0.464 e. The molecule has 0 aromatic rings. The normalized spacial score (nSPS) is 11.9. The number of hydrogen-bond donors (Lipinski definition) is 1. The highest BCUT2D eigenvalue weighted by Crippen LogP contribution is 2.07. The van der Waals surface area contributed by atoms with Gasteiger partial charge in [-0.05, 0) is 20.8 Å². The second-order valence-electron chi connectivity index (χ2n) is 3.64. The number of amides is 1. The Morgan fingerprint density at radius 1 is 1.33 bits per heavy atom. The lowest BCUT2D eigenvalue weighted by Gasteiger charge is -2.19. The average Bonchev–Trinajstić information content (AvgIpc) is 2.10. The fourth-order valence-corrected chi connectivity index (χ4v) is 0.948. The molecule has 0 unspecified atom stereocenters. The maximum atomic E-state index is 11.2. The minimum atomic E-state index is -0.710. The van der Waals surface area contributed by atoms with Crippen LogP contribution in [0.5, 0.6) is 0 Å². The zero-order valence-electron chi connectivity index (χ0n) is 9.09. The Balaban J connectivity index is 4.34. The van der Waals surface area contributed by atoms with E-state index in [1.54, 1.807) is 20.8 Å². The number of carbonyl (C=O) groups is 2. The second-order valence-corrected chi connectivity index (χ2v) is 4.10. The highest BCUT2D eigenvalue weighted by molar-refractivity contribution is 9.11. The number of esters is 1. The van der Waals surface area contributed by atoms with Gasteiger partial charge in [-0.1, -0.05) is 15.9 Å². The third kappa shape index (κ3) is 6.11. The van der Waals surface area contributed by atoms with E-state index in [1.807, 2.05) is 0 Å². The first-order valence-electron chi connectivity index (χ1n) is 4.19. The number of alkyl carbamates (subject to hydrolysis) is 1. The number of carbonyl (C=O) groups excluding carboxylic acids is 2. The van der Waals surface area contributed by atoms with Crippen LogP contribution in [0.15, 0.2) is 10.7 Å². The first-order chi connectivity index (χ1) is 6.80. The summed E-state index contributed by atoms with van der Waals surface area (Å²) in [6, 6.07) is 0. The van der Waals surface area contributed by atoms with Crippen molar-refractivity contribution in [3.63, 3.8) is 0 Å². The average molecular weight is 280 g/mol. The van der Waals surface area contributed by atoms with Crippen molar-refractivity contribution in [2.24, 2.45) is 0 Å². The van der Waals surface area contributed by atoms with Crippen molar-refractivity contribution < 1.29 is 19.1 Å². The maximum Gasteiger partial charge on any atom is 0.412 e. The van der Waals surface area contributed by atoms with E-state index in [2.05, 4.69) is 26.0 Å². The molecule has 0 rings (SSSR count). The number of halogens is 1. The Labute approximate surface area is 96.9 Å². The fourth-order valence-electron chi connectivity index (χ4n) is 0.646. The van der Waals surface area contributed by atoms with Crippen molar-refractivity contribution >= 4 is 28.0 Å². The Hall–Kier alpha value is -1.04.